The molecule has 1 aromatic carbocycles. The van der Waals surface area contributed by atoms with Gasteiger partial charge in [-0.1, -0.05) is 54.6 Å². The van der Waals surface area contributed by atoms with Gasteiger partial charge in [-0.3, -0.25) is 9.59 Å². The van der Waals surface area contributed by atoms with E-state index in [1.165, 1.54) is 12.5 Å². The number of unbranched alkanes of at least 4 members (excludes halogenated alkanes) is 2. The second-order valence-electron chi connectivity index (χ2n) is 7.94. The summed E-state index contributed by atoms with van der Waals surface area (Å²) in [4.78, 5) is 23.0. The second kappa shape index (κ2) is 13.1. The zero-order valence-electron chi connectivity index (χ0n) is 17.8. The Bertz CT molecular complexity index is 710. The average molecular weight is 415 g/mol. The van der Waals surface area contributed by atoms with Crippen molar-refractivity contribution < 1.29 is 24.5 Å². The summed E-state index contributed by atoms with van der Waals surface area (Å²) in [5.41, 5.74) is 1.18. The van der Waals surface area contributed by atoms with Crippen LogP contribution in [0.15, 0.2) is 54.6 Å². The molecule has 0 unspecified atom stereocenters. The van der Waals surface area contributed by atoms with E-state index in [1.54, 1.807) is 6.08 Å². The van der Waals surface area contributed by atoms with E-state index in [0.717, 1.165) is 25.7 Å². The van der Waals surface area contributed by atoms with Gasteiger partial charge >= 0.3 is 5.97 Å². The molecule has 30 heavy (non-hydrogen) atoms. The van der Waals surface area contributed by atoms with Gasteiger partial charge in [0.25, 0.3) is 0 Å². The molecule has 0 radical (unpaired) electrons. The molecule has 1 aliphatic rings. The van der Waals surface area contributed by atoms with Gasteiger partial charge in [0.15, 0.2) is 0 Å². The summed E-state index contributed by atoms with van der Waals surface area (Å²) >= 11 is 0. The Morgan fingerprint density at radius 1 is 1.23 bits per heavy atom. The van der Waals surface area contributed by atoms with E-state index in [1.807, 2.05) is 48.6 Å². The summed E-state index contributed by atoms with van der Waals surface area (Å²) in [5.74, 6) is -0.670. The normalized spacial score (nSPS) is 22.8. The quantitative estimate of drug-likeness (QED) is 0.309. The minimum atomic E-state index is -0.683. The molecule has 1 fully saturated rings. The number of carbonyl (C=O) groups is 2. The third kappa shape index (κ3) is 8.64. The molecule has 0 heterocycles. The van der Waals surface area contributed by atoms with Crippen molar-refractivity contribution in [2.45, 2.75) is 64.1 Å². The fourth-order valence-electron chi connectivity index (χ4n) is 3.78. The first-order valence-corrected chi connectivity index (χ1v) is 10.9. The predicted molar refractivity (Wildman–Crippen MR) is 117 cm³/mol. The van der Waals surface area contributed by atoms with Gasteiger partial charge in [-0.25, -0.2) is 0 Å². The highest BCUT2D eigenvalue weighted by molar-refractivity contribution is 5.84. The van der Waals surface area contributed by atoms with Crippen LogP contribution in [0.5, 0.6) is 0 Å². The zero-order valence-corrected chi connectivity index (χ0v) is 17.8. The highest BCUT2D eigenvalue weighted by Gasteiger charge is 2.39. The minimum absolute atomic E-state index is 0.0791. The molecule has 0 spiro atoms. The van der Waals surface area contributed by atoms with Crippen LogP contribution in [0, 0.1) is 11.8 Å². The van der Waals surface area contributed by atoms with Gasteiger partial charge in [0.05, 0.1) is 18.8 Å². The lowest BCUT2D eigenvalue weighted by molar-refractivity contribution is -0.141. The summed E-state index contributed by atoms with van der Waals surface area (Å²) in [7, 11) is 0. The number of aliphatic hydroxyl groups is 2. The molecule has 0 aliphatic heterocycles. The fourth-order valence-corrected chi connectivity index (χ4v) is 3.78. The van der Waals surface area contributed by atoms with Crippen molar-refractivity contribution in [1.82, 2.24) is 0 Å². The third-order valence-electron chi connectivity index (χ3n) is 5.49. The lowest BCUT2D eigenvalue weighted by Crippen LogP contribution is -2.19. The maximum Gasteiger partial charge on any atom is 0.302 e. The lowest BCUT2D eigenvalue weighted by Gasteiger charge is -2.16. The fraction of sp³-hybridized carbons (Fsp3) is 0.520. The van der Waals surface area contributed by atoms with Gasteiger partial charge < -0.3 is 14.9 Å². The molecule has 5 nitrogen and oxygen atoms in total. The monoisotopic (exact) mass is 414 g/mol. The van der Waals surface area contributed by atoms with E-state index < -0.39 is 12.2 Å². The SMILES string of the molecule is CC(=O)OCCCCC=CC[C@H]1C(=O)C[C@@H](O)[C@@H]1C=C[C@@H](O)CCc1ccccc1. The summed E-state index contributed by atoms with van der Waals surface area (Å²) in [5, 5.41) is 20.5. The molecule has 1 saturated carbocycles. The van der Waals surface area contributed by atoms with Crippen LogP contribution in [0.4, 0.5) is 0 Å². The largest absolute Gasteiger partial charge is 0.466 e. The first kappa shape index (κ1) is 24.0. The molecule has 0 amide bonds. The predicted octanol–water partition coefficient (Wildman–Crippen LogP) is 3.78. The molecule has 1 aliphatic carbocycles. The van der Waals surface area contributed by atoms with Crippen LogP contribution in [-0.2, 0) is 20.7 Å². The Balaban J connectivity index is 1.76. The summed E-state index contributed by atoms with van der Waals surface area (Å²) in [6, 6.07) is 10.0. The topological polar surface area (TPSA) is 83.8 Å². The van der Waals surface area contributed by atoms with Crippen molar-refractivity contribution in [2.75, 3.05) is 6.61 Å². The summed E-state index contributed by atoms with van der Waals surface area (Å²) < 4.78 is 4.89. The highest BCUT2D eigenvalue weighted by Crippen LogP contribution is 2.33. The Hall–Kier alpha value is -2.24. The molecule has 0 saturated heterocycles. The number of rotatable bonds is 12. The number of Topliss-reactive ketones (excluding diaryl/α,β-unsaturated/α-hetero) is 1. The van der Waals surface area contributed by atoms with Crippen LogP contribution < -0.4 is 0 Å². The number of hydrogen-bond donors (Lipinski definition) is 2. The average Bonchev–Trinajstić information content (AvgIpc) is 2.99. The van der Waals surface area contributed by atoms with Crippen molar-refractivity contribution in [3.8, 4) is 0 Å². The van der Waals surface area contributed by atoms with E-state index in [-0.39, 0.29) is 30.0 Å². The number of benzene rings is 1. The van der Waals surface area contributed by atoms with E-state index in [0.29, 0.717) is 19.4 Å². The van der Waals surface area contributed by atoms with Gasteiger partial charge in [0.2, 0.25) is 0 Å². The van der Waals surface area contributed by atoms with Crippen LogP contribution in [0.2, 0.25) is 0 Å². The van der Waals surface area contributed by atoms with Crippen LogP contribution in [-0.4, -0.2) is 40.8 Å². The second-order valence-corrected chi connectivity index (χ2v) is 7.94. The van der Waals surface area contributed by atoms with E-state index in [4.69, 9.17) is 4.74 Å². The molecule has 164 valence electrons. The lowest BCUT2D eigenvalue weighted by atomic mass is 9.90. The Morgan fingerprint density at radius 2 is 2.00 bits per heavy atom. The molecule has 2 N–H and O–H groups in total. The molecular formula is C25H34O5. The number of ketones is 1. The number of ether oxygens (including phenoxy) is 1. The first-order chi connectivity index (χ1) is 14.5. The summed E-state index contributed by atoms with van der Waals surface area (Å²) in [6.45, 7) is 1.84. The zero-order chi connectivity index (χ0) is 21.8. The number of allylic oxidation sites excluding steroid dienone is 2. The van der Waals surface area contributed by atoms with E-state index >= 15 is 0 Å². The number of esters is 1. The van der Waals surface area contributed by atoms with E-state index in [9.17, 15) is 19.8 Å². The van der Waals surface area contributed by atoms with Gasteiger partial charge in [0.1, 0.15) is 5.78 Å². The Labute approximate surface area is 179 Å². The minimum Gasteiger partial charge on any atom is -0.466 e. The van der Waals surface area contributed by atoms with E-state index in [2.05, 4.69) is 0 Å². The molecule has 0 bridgehead atoms. The van der Waals surface area contributed by atoms with Crippen molar-refractivity contribution in [3.63, 3.8) is 0 Å². The standard InChI is InChI=1S/C25H34O5/c1-19(26)30-17-9-4-2-3-8-12-22-23(25(29)18-24(22)28)16-15-21(27)14-13-20-10-6-5-7-11-20/h3,5-8,10-11,15-16,21-23,25,27,29H,2,4,9,12-14,17-18H2,1H3/t21-,22+,23+,25+/m0/s1. The van der Waals surface area contributed by atoms with Crippen LogP contribution in [0.1, 0.15) is 51.0 Å². The smallest absolute Gasteiger partial charge is 0.302 e. The van der Waals surface area contributed by atoms with Crippen LogP contribution in [0.3, 0.4) is 0 Å². The van der Waals surface area contributed by atoms with Crippen LogP contribution in [0.25, 0.3) is 0 Å². The first-order valence-electron chi connectivity index (χ1n) is 10.9. The van der Waals surface area contributed by atoms with Gasteiger partial charge in [-0.2, -0.15) is 0 Å². The molecular weight excluding hydrogens is 380 g/mol. The summed E-state index contributed by atoms with van der Waals surface area (Å²) in [6.07, 6.45) is 11.1. The molecule has 0 aromatic heterocycles. The van der Waals surface area contributed by atoms with Gasteiger partial charge in [0, 0.05) is 25.2 Å². The highest BCUT2D eigenvalue weighted by atomic mass is 16.5. The molecule has 2 rings (SSSR count). The number of carbonyl (C=O) groups excluding carboxylic acids is 2. The number of aryl methyl sites for hydroxylation is 1. The maximum absolute atomic E-state index is 12.3. The van der Waals surface area contributed by atoms with Gasteiger partial charge in [-0.05, 0) is 44.1 Å². The Morgan fingerprint density at radius 3 is 2.73 bits per heavy atom. The van der Waals surface area contributed by atoms with Gasteiger partial charge in [-0.15, -0.1) is 0 Å². The molecule has 1 aromatic rings. The van der Waals surface area contributed by atoms with Crippen molar-refractivity contribution >= 4 is 11.8 Å². The molecule has 5 heteroatoms. The number of aliphatic hydroxyl groups excluding tert-OH is 2. The van der Waals surface area contributed by atoms with Crippen LogP contribution >= 0.6 is 0 Å². The van der Waals surface area contributed by atoms with Crippen molar-refractivity contribution in [3.05, 3.63) is 60.2 Å². The van der Waals surface area contributed by atoms with Crippen molar-refractivity contribution in [1.29, 1.82) is 0 Å². The maximum atomic E-state index is 12.3. The van der Waals surface area contributed by atoms with Crippen molar-refractivity contribution in [2.24, 2.45) is 11.8 Å². The Kier molecular flexibility index (Phi) is 10.5. The molecule has 4 atom stereocenters. The number of hydrogen-bond acceptors (Lipinski definition) is 5. The third-order valence-corrected chi connectivity index (χ3v) is 5.49.